The highest BCUT2D eigenvalue weighted by Gasteiger charge is 2.13. The lowest BCUT2D eigenvalue weighted by Gasteiger charge is -2.13. The molecule has 2 aromatic carbocycles. The predicted molar refractivity (Wildman–Crippen MR) is 115 cm³/mol. The minimum absolute atomic E-state index is 0.405. The van der Waals surface area contributed by atoms with E-state index >= 15 is 0 Å². The van der Waals surface area contributed by atoms with Crippen LogP contribution in [-0.2, 0) is 13.0 Å². The van der Waals surface area contributed by atoms with Crippen molar-refractivity contribution in [3.8, 4) is 11.5 Å². The standard InChI is InChI=1S/C24H30N2O2/c1-5-10-19-13-14-22(23(17-19)27-4)28-16-9-8-15-26-21-12-7-6-11-20(21)25-24(26)18(2)3/h5-7,11-14,17-18H,1,8-10,15-16H2,2-4H3. The van der Waals surface area contributed by atoms with Crippen molar-refractivity contribution in [2.75, 3.05) is 13.7 Å². The van der Waals surface area contributed by atoms with E-state index in [-0.39, 0.29) is 0 Å². The molecule has 28 heavy (non-hydrogen) atoms. The molecule has 0 spiro atoms. The van der Waals surface area contributed by atoms with Crippen LogP contribution >= 0.6 is 0 Å². The Kier molecular flexibility index (Phi) is 6.75. The fourth-order valence-electron chi connectivity index (χ4n) is 3.45. The molecule has 0 N–H and O–H groups in total. The summed E-state index contributed by atoms with van der Waals surface area (Å²) in [5.74, 6) is 3.14. The summed E-state index contributed by atoms with van der Waals surface area (Å²) in [7, 11) is 1.68. The van der Waals surface area contributed by atoms with E-state index in [0.29, 0.717) is 12.5 Å². The lowest BCUT2D eigenvalue weighted by molar-refractivity contribution is 0.283. The number of hydrogen-bond acceptors (Lipinski definition) is 3. The first-order chi connectivity index (χ1) is 13.6. The van der Waals surface area contributed by atoms with E-state index in [9.17, 15) is 0 Å². The number of rotatable bonds is 10. The maximum Gasteiger partial charge on any atom is 0.161 e. The number of aromatic nitrogens is 2. The molecule has 0 radical (unpaired) electrons. The first-order valence-electron chi connectivity index (χ1n) is 9.99. The number of hydrogen-bond donors (Lipinski definition) is 0. The van der Waals surface area contributed by atoms with Crippen molar-refractivity contribution in [1.29, 1.82) is 0 Å². The largest absolute Gasteiger partial charge is 0.493 e. The quantitative estimate of drug-likeness (QED) is 0.333. The molecule has 4 nitrogen and oxygen atoms in total. The smallest absolute Gasteiger partial charge is 0.161 e. The van der Waals surface area contributed by atoms with E-state index in [1.54, 1.807) is 7.11 Å². The molecule has 3 rings (SSSR count). The van der Waals surface area contributed by atoms with Crippen LogP contribution in [0.15, 0.2) is 55.1 Å². The summed E-state index contributed by atoms with van der Waals surface area (Å²) in [6.07, 6.45) is 4.73. The second-order valence-electron chi connectivity index (χ2n) is 7.30. The number of nitrogens with zero attached hydrogens (tertiary/aromatic N) is 2. The number of para-hydroxylation sites is 2. The maximum atomic E-state index is 5.97. The summed E-state index contributed by atoms with van der Waals surface area (Å²) in [6.45, 7) is 9.80. The summed E-state index contributed by atoms with van der Waals surface area (Å²) in [5, 5.41) is 0. The molecule has 0 aliphatic rings. The van der Waals surface area contributed by atoms with Crippen molar-refractivity contribution < 1.29 is 9.47 Å². The number of unbranched alkanes of at least 4 members (excludes halogenated alkanes) is 1. The highest BCUT2D eigenvalue weighted by Crippen LogP contribution is 2.28. The Morgan fingerprint density at radius 3 is 2.68 bits per heavy atom. The second-order valence-corrected chi connectivity index (χ2v) is 7.30. The number of methoxy groups -OCH3 is 1. The van der Waals surface area contributed by atoms with Crippen molar-refractivity contribution >= 4 is 11.0 Å². The van der Waals surface area contributed by atoms with E-state index in [0.717, 1.165) is 48.6 Å². The molecule has 0 aliphatic carbocycles. The van der Waals surface area contributed by atoms with E-state index in [1.165, 1.54) is 11.1 Å². The van der Waals surface area contributed by atoms with Crippen molar-refractivity contribution in [2.24, 2.45) is 0 Å². The molecule has 0 saturated heterocycles. The Hall–Kier alpha value is -2.75. The van der Waals surface area contributed by atoms with Gasteiger partial charge in [0.05, 0.1) is 24.8 Å². The molecule has 3 aromatic rings. The van der Waals surface area contributed by atoms with E-state index < -0.39 is 0 Å². The van der Waals surface area contributed by atoms with Gasteiger partial charge in [0.25, 0.3) is 0 Å². The molecule has 0 bridgehead atoms. The molecule has 1 heterocycles. The van der Waals surface area contributed by atoms with Crippen LogP contribution in [-0.4, -0.2) is 23.3 Å². The van der Waals surface area contributed by atoms with E-state index in [2.05, 4.69) is 49.3 Å². The van der Waals surface area contributed by atoms with Crippen LogP contribution in [0.5, 0.6) is 11.5 Å². The fraction of sp³-hybridized carbons (Fsp3) is 0.375. The summed E-state index contributed by atoms with van der Waals surface area (Å²) in [4.78, 5) is 4.81. The summed E-state index contributed by atoms with van der Waals surface area (Å²) in [6, 6.07) is 14.4. The fourth-order valence-corrected chi connectivity index (χ4v) is 3.45. The molecule has 1 aromatic heterocycles. The normalized spacial score (nSPS) is 11.1. The predicted octanol–water partition coefficient (Wildman–Crippen LogP) is 5.76. The Morgan fingerprint density at radius 1 is 1.11 bits per heavy atom. The lowest BCUT2D eigenvalue weighted by Crippen LogP contribution is -2.07. The third-order valence-corrected chi connectivity index (χ3v) is 4.84. The van der Waals surface area contributed by atoms with E-state index in [1.807, 2.05) is 24.3 Å². The molecule has 0 amide bonds. The highest BCUT2D eigenvalue weighted by atomic mass is 16.5. The van der Waals surface area contributed by atoms with Crippen molar-refractivity contribution in [1.82, 2.24) is 9.55 Å². The van der Waals surface area contributed by atoms with Crippen LogP contribution < -0.4 is 9.47 Å². The molecule has 0 saturated carbocycles. The van der Waals surface area contributed by atoms with Gasteiger partial charge in [-0.2, -0.15) is 0 Å². The number of imidazole rings is 1. The number of fused-ring (bicyclic) bond motifs is 1. The number of aryl methyl sites for hydroxylation is 1. The minimum atomic E-state index is 0.405. The Morgan fingerprint density at radius 2 is 1.93 bits per heavy atom. The molecule has 148 valence electrons. The molecule has 0 unspecified atom stereocenters. The molecular weight excluding hydrogens is 348 g/mol. The van der Waals surface area contributed by atoms with Crippen LogP contribution in [0, 0.1) is 0 Å². The summed E-state index contributed by atoms with van der Waals surface area (Å²) >= 11 is 0. The first-order valence-corrected chi connectivity index (χ1v) is 9.99. The molecule has 0 atom stereocenters. The lowest BCUT2D eigenvalue weighted by atomic mass is 10.1. The third kappa shape index (κ3) is 4.56. The monoisotopic (exact) mass is 378 g/mol. The molecule has 4 heteroatoms. The van der Waals surface area contributed by atoms with Crippen LogP contribution in [0.3, 0.4) is 0 Å². The molecule has 0 aliphatic heterocycles. The Bertz CT molecular complexity index is 927. The van der Waals surface area contributed by atoms with Gasteiger partial charge in [-0.1, -0.05) is 38.1 Å². The second kappa shape index (κ2) is 9.45. The number of benzene rings is 2. The Labute approximate surface area is 167 Å². The van der Waals surface area contributed by atoms with Gasteiger partial charge < -0.3 is 14.0 Å². The molecular formula is C24H30N2O2. The van der Waals surface area contributed by atoms with Crippen molar-refractivity contribution in [2.45, 2.75) is 45.6 Å². The van der Waals surface area contributed by atoms with Gasteiger partial charge in [-0.15, -0.1) is 6.58 Å². The van der Waals surface area contributed by atoms with Gasteiger partial charge in [-0.25, -0.2) is 4.98 Å². The average molecular weight is 379 g/mol. The minimum Gasteiger partial charge on any atom is -0.493 e. The van der Waals surface area contributed by atoms with Crippen LogP contribution in [0.2, 0.25) is 0 Å². The topological polar surface area (TPSA) is 36.3 Å². The van der Waals surface area contributed by atoms with Crippen molar-refractivity contribution in [3.05, 3.63) is 66.5 Å². The number of ether oxygens (including phenoxy) is 2. The van der Waals surface area contributed by atoms with Gasteiger partial charge >= 0.3 is 0 Å². The number of allylic oxidation sites excluding steroid dienone is 1. The highest BCUT2D eigenvalue weighted by molar-refractivity contribution is 5.76. The molecule has 0 fully saturated rings. The average Bonchev–Trinajstić information content (AvgIpc) is 3.08. The van der Waals surface area contributed by atoms with Gasteiger partial charge in [0, 0.05) is 12.5 Å². The van der Waals surface area contributed by atoms with Gasteiger partial charge in [0.1, 0.15) is 5.82 Å². The van der Waals surface area contributed by atoms with Gasteiger partial charge in [0.2, 0.25) is 0 Å². The van der Waals surface area contributed by atoms with Gasteiger partial charge in [0.15, 0.2) is 11.5 Å². The SMILES string of the molecule is C=CCc1ccc(OCCCCn2c(C(C)C)nc3ccccc32)c(OC)c1. The third-order valence-electron chi connectivity index (χ3n) is 4.84. The van der Waals surface area contributed by atoms with Gasteiger partial charge in [-0.05, 0) is 49.1 Å². The zero-order chi connectivity index (χ0) is 19.9. The van der Waals surface area contributed by atoms with Crippen molar-refractivity contribution in [3.63, 3.8) is 0 Å². The summed E-state index contributed by atoms with van der Waals surface area (Å²) in [5.41, 5.74) is 3.46. The zero-order valence-corrected chi connectivity index (χ0v) is 17.1. The summed E-state index contributed by atoms with van der Waals surface area (Å²) < 4.78 is 13.8. The van der Waals surface area contributed by atoms with E-state index in [4.69, 9.17) is 14.5 Å². The van der Waals surface area contributed by atoms with Crippen LogP contribution in [0.25, 0.3) is 11.0 Å². The van der Waals surface area contributed by atoms with Crippen LogP contribution in [0.1, 0.15) is 44.0 Å². The van der Waals surface area contributed by atoms with Crippen LogP contribution in [0.4, 0.5) is 0 Å². The van der Waals surface area contributed by atoms with Gasteiger partial charge in [-0.3, -0.25) is 0 Å². The zero-order valence-electron chi connectivity index (χ0n) is 17.1. The maximum absolute atomic E-state index is 5.97. The first kappa shape index (κ1) is 20.0. The Balaban J connectivity index is 1.58.